The summed E-state index contributed by atoms with van der Waals surface area (Å²) in [4.78, 5) is 18.9. The third-order valence-corrected chi connectivity index (χ3v) is 3.67. The lowest BCUT2D eigenvalue weighted by atomic mass is 10.1. The number of carbonyl (C=O) groups is 1. The summed E-state index contributed by atoms with van der Waals surface area (Å²) in [5.74, 6) is -0.418. The highest BCUT2D eigenvalue weighted by atomic mass is 35.5. The number of rotatable bonds is 3. The monoisotopic (exact) mass is 335 g/mol. The summed E-state index contributed by atoms with van der Waals surface area (Å²) < 4.78 is 38.5. The first-order valence-electron chi connectivity index (χ1n) is 5.67. The summed E-state index contributed by atoms with van der Waals surface area (Å²) in [7, 11) is 0. The first kappa shape index (κ1) is 15.7. The Hall–Kier alpha value is -1.67. The van der Waals surface area contributed by atoms with E-state index in [0.717, 1.165) is 17.4 Å². The fourth-order valence-electron chi connectivity index (χ4n) is 1.58. The molecular weight excluding hydrogens is 327 g/mol. The quantitative estimate of drug-likeness (QED) is 0.870. The van der Waals surface area contributed by atoms with Gasteiger partial charge in [0, 0.05) is 22.8 Å². The van der Waals surface area contributed by atoms with Crippen LogP contribution in [0.5, 0.6) is 0 Å². The lowest BCUT2D eigenvalue weighted by molar-refractivity contribution is -0.138. The van der Waals surface area contributed by atoms with Crippen molar-refractivity contribution in [3.05, 3.63) is 28.9 Å². The Bertz CT molecular complexity index is 672. The summed E-state index contributed by atoms with van der Waals surface area (Å²) in [6.45, 7) is 1.29. The van der Waals surface area contributed by atoms with Gasteiger partial charge in [-0.1, -0.05) is 0 Å². The zero-order valence-corrected chi connectivity index (χ0v) is 12.2. The molecule has 0 aliphatic heterocycles. The molecule has 1 N–H and O–H groups in total. The van der Waals surface area contributed by atoms with Crippen LogP contribution in [-0.4, -0.2) is 21.8 Å². The summed E-state index contributed by atoms with van der Waals surface area (Å²) in [5.41, 5.74) is -0.663. The van der Waals surface area contributed by atoms with E-state index in [1.807, 2.05) is 0 Å². The fourth-order valence-corrected chi connectivity index (χ4v) is 2.38. The number of alkyl halides is 4. The van der Waals surface area contributed by atoms with Crippen LogP contribution in [-0.2, 0) is 11.0 Å². The highest BCUT2D eigenvalue weighted by Crippen LogP contribution is 2.34. The molecule has 4 nitrogen and oxygen atoms in total. The molecule has 0 aliphatic rings. The number of nitrogens with one attached hydrogen (secondary N) is 1. The number of hydrogen-bond donors (Lipinski definition) is 1. The van der Waals surface area contributed by atoms with E-state index < -0.39 is 17.6 Å². The zero-order valence-electron chi connectivity index (χ0n) is 10.7. The molecule has 0 aromatic carbocycles. The van der Waals surface area contributed by atoms with Crippen molar-refractivity contribution in [2.45, 2.75) is 13.1 Å². The molecule has 2 aromatic heterocycles. The predicted octanol–water partition coefficient (Wildman–Crippen LogP) is 3.71. The van der Waals surface area contributed by atoms with Crippen molar-refractivity contribution in [3.63, 3.8) is 0 Å². The Balaban J connectivity index is 2.33. The van der Waals surface area contributed by atoms with Gasteiger partial charge in [0.1, 0.15) is 16.7 Å². The van der Waals surface area contributed by atoms with Gasteiger partial charge in [0.05, 0.1) is 5.56 Å². The number of anilines is 1. The van der Waals surface area contributed by atoms with Gasteiger partial charge >= 0.3 is 6.18 Å². The van der Waals surface area contributed by atoms with Gasteiger partial charge in [-0.3, -0.25) is 9.78 Å². The maximum atomic E-state index is 12.8. The topological polar surface area (TPSA) is 54.9 Å². The van der Waals surface area contributed by atoms with Gasteiger partial charge in [0.15, 0.2) is 0 Å². The van der Waals surface area contributed by atoms with Gasteiger partial charge in [-0.2, -0.15) is 13.2 Å². The Morgan fingerprint density at radius 3 is 2.81 bits per heavy atom. The number of amides is 1. The van der Waals surface area contributed by atoms with E-state index in [9.17, 15) is 18.0 Å². The molecule has 2 rings (SSSR count). The van der Waals surface area contributed by atoms with Gasteiger partial charge in [-0.15, -0.1) is 22.9 Å². The molecule has 2 heterocycles. The molecule has 21 heavy (non-hydrogen) atoms. The second-order valence-electron chi connectivity index (χ2n) is 4.07. The molecule has 0 atom stereocenters. The van der Waals surface area contributed by atoms with Gasteiger partial charge in [-0.05, 0) is 13.0 Å². The Morgan fingerprint density at radius 1 is 1.48 bits per heavy atom. The molecule has 0 radical (unpaired) electrons. The van der Waals surface area contributed by atoms with Gasteiger partial charge < -0.3 is 5.32 Å². The lowest BCUT2D eigenvalue weighted by Gasteiger charge is -2.10. The van der Waals surface area contributed by atoms with E-state index in [1.54, 1.807) is 0 Å². The molecule has 0 spiro atoms. The number of aryl methyl sites for hydroxylation is 1. The van der Waals surface area contributed by atoms with Crippen LogP contribution in [0.25, 0.3) is 10.6 Å². The van der Waals surface area contributed by atoms with E-state index in [0.29, 0.717) is 5.01 Å². The number of pyridine rings is 1. The standard InChI is InChI=1S/C12H9ClF3N3OS/c1-6-8(12(14,15)16)2-7(4-17-6)11-19-9(5-21-11)18-10(20)3-13/h2,4-5H,3H2,1H3,(H,18,20). The van der Waals surface area contributed by atoms with E-state index in [-0.39, 0.29) is 23.0 Å². The lowest BCUT2D eigenvalue weighted by Crippen LogP contribution is -2.12. The molecule has 0 bridgehead atoms. The van der Waals surface area contributed by atoms with Crippen LogP contribution in [0.4, 0.5) is 19.0 Å². The molecule has 112 valence electrons. The van der Waals surface area contributed by atoms with Crippen LogP contribution in [0.1, 0.15) is 11.3 Å². The second kappa shape index (κ2) is 5.98. The van der Waals surface area contributed by atoms with Crippen molar-refractivity contribution < 1.29 is 18.0 Å². The molecule has 9 heteroatoms. The van der Waals surface area contributed by atoms with Crippen molar-refractivity contribution in [2.75, 3.05) is 11.2 Å². The number of hydrogen-bond acceptors (Lipinski definition) is 4. The Labute approximate surface area is 127 Å². The first-order chi connectivity index (χ1) is 9.81. The number of halogens is 4. The first-order valence-corrected chi connectivity index (χ1v) is 7.08. The van der Waals surface area contributed by atoms with E-state index in [1.165, 1.54) is 18.5 Å². The van der Waals surface area contributed by atoms with Gasteiger partial charge in [0.25, 0.3) is 0 Å². The predicted molar refractivity (Wildman–Crippen MR) is 74.4 cm³/mol. The second-order valence-corrected chi connectivity index (χ2v) is 5.20. The van der Waals surface area contributed by atoms with Gasteiger partial charge in [0.2, 0.25) is 5.91 Å². The molecule has 0 aliphatic carbocycles. The fraction of sp³-hybridized carbons (Fsp3) is 0.250. The highest BCUT2D eigenvalue weighted by molar-refractivity contribution is 7.13. The molecule has 0 unspecified atom stereocenters. The normalized spacial score (nSPS) is 11.5. The van der Waals surface area contributed by atoms with Crippen LogP contribution >= 0.6 is 22.9 Å². The maximum absolute atomic E-state index is 12.8. The van der Waals surface area contributed by atoms with Crippen molar-refractivity contribution in [1.82, 2.24) is 9.97 Å². The van der Waals surface area contributed by atoms with Crippen molar-refractivity contribution >= 4 is 34.7 Å². The van der Waals surface area contributed by atoms with Gasteiger partial charge in [-0.25, -0.2) is 4.98 Å². The van der Waals surface area contributed by atoms with Crippen LogP contribution in [0.15, 0.2) is 17.6 Å². The van der Waals surface area contributed by atoms with E-state index in [4.69, 9.17) is 11.6 Å². The van der Waals surface area contributed by atoms with E-state index in [2.05, 4.69) is 15.3 Å². The maximum Gasteiger partial charge on any atom is 0.418 e. The van der Waals surface area contributed by atoms with Crippen LogP contribution < -0.4 is 5.32 Å². The highest BCUT2D eigenvalue weighted by Gasteiger charge is 2.33. The number of thiazole rings is 1. The van der Waals surface area contributed by atoms with E-state index >= 15 is 0 Å². The number of carbonyl (C=O) groups excluding carboxylic acids is 1. The molecule has 0 saturated heterocycles. The smallest absolute Gasteiger partial charge is 0.309 e. The SMILES string of the molecule is Cc1ncc(-c2nc(NC(=O)CCl)cs2)cc1C(F)(F)F. The molecule has 0 fully saturated rings. The third kappa shape index (κ3) is 3.70. The van der Waals surface area contributed by atoms with Crippen molar-refractivity contribution in [1.29, 1.82) is 0 Å². The summed E-state index contributed by atoms with van der Waals surface area (Å²) in [5, 5.41) is 4.28. The summed E-state index contributed by atoms with van der Waals surface area (Å²) in [6.07, 6.45) is -3.16. The van der Waals surface area contributed by atoms with Crippen molar-refractivity contribution in [3.8, 4) is 10.6 Å². The third-order valence-electron chi connectivity index (χ3n) is 2.53. The Kier molecular flexibility index (Phi) is 4.48. The Morgan fingerprint density at radius 2 is 2.19 bits per heavy atom. The average molecular weight is 336 g/mol. The van der Waals surface area contributed by atoms with Crippen LogP contribution in [0.2, 0.25) is 0 Å². The average Bonchev–Trinajstić information content (AvgIpc) is 2.86. The number of nitrogens with zero attached hydrogens (tertiary/aromatic N) is 2. The zero-order chi connectivity index (χ0) is 15.6. The number of aromatic nitrogens is 2. The van der Waals surface area contributed by atoms with Crippen LogP contribution in [0.3, 0.4) is 0 Å². The molecule has 2 aromatic rings. The molecular formula is C12H9ClF3N3OS. The minimum Gasteiger partial charge on any atom is -0.309 e. The molecule has 1 amide bonds. The minimum absolute atomic E-state index is 0.0986. The molecule has 0 saturated carbocycles. The summed E-state index contributed by atoms with van der Waals surface area (Å²) >= 11 is 6.45. The minimum atomic E-state index is -4.47. The van der Waals surface area contributed by atoms with Crippen LogP contribution in [0, 0.1) is 6.92 Å². The largest absolute Gasteiger partial charge is 0.418 e. The van der Waals surface area contributed by atoms with Crippen molar-refractivity contribution in [2.24, 2.45) is 0 Å². The summed E-state index contributed by atoms with van der Waals surface area (Å²) in [6, 6.07) is 0.994.